The lowest BCUT2D eigenvalue weighted by atomic mass is 10.0. The van der Waals surface area contributed by atoms with Crippen LogP contribution in [0.15, 0.2) is 83.5 Å². The van der Waals surface area contributed by atoms with Crippen molar-refractivity contribution in [1.29, 1.82) is 0 Å². The van der Waals surface area contributed by atoms with E-state index in [0.29, 0.717) is 0 Å². The van der Waals surface area contributed by atoms with Crippen LogP contribution in [0.2, 0.25) is 0 Å². The topological polar surface area (TPSA) is 51.5 Å². The molecule has 4 heteroatoms. The molecule has 0 saturated carbocycles. The molecule has 4 nitrogen and oxygen atoms in total. The molecular formula is C25H23NO3. The first-order valence-corrected chi connectivity index (χ1v) is 9.63. The van der Waals surface area contributed by atoms with Crippen LogP contribution in [0.3, 0.4) is 0 Å². The number of amides is 1. The molecule has 0 bridgehead atoms. The van der Waals surface area contributed by atoms with Gasteiger partial charge in [0.2, 0.25) is 5.91 Å². The van der Waals surface area contributed by atoms with E-state index in [-0.39, 0.29) is 18.4 Å². The molecule has 0 fully saturated rings. The second-order valence-corrected chi connectivity index (χ2v) is 7.08. The molecule has 1 heterocycles. The first-order valence-electron chi connectivity index (χ1n) is 9.63. The SMILES string of the molecule is COc1ccc2c(CC(=O)N[C@@H](C)c3ccc(-c4ccccc4)cc3)coc2c1. The van der Waals surface area contributed by atoms with Crippen molar-refractivity contribution in [3.05, 3.63) is 90.2 Å². The van der Waals surface area contributed by atoms with Crippen molar-refractivity contribution in [2.75, 3.05) is 7.11 Å². The lowest BCUT2D eigenvalue weighted by Crippen LogP contribution is -2.28. The highest BCUT2D eigenvalue weighted by molar-refractivity contribution is 5.88. The number of hydrogen-bond acceptors (Lipinski definition) is 3. The Hall–Kier alpha value is -3.53. The quantitative estimate of drug-likeness (QED) is 0.475. The van der Waals surface area contributed by atoms with Crippen molar-refractivity contribution in [3.8, 4) is 16.9 Å². The summed E-state index contributed by atoms with van der Waals surface area (Å²) in [6.45, 7) is 1.99. The van der Waals surface area contributed by atoms with Crippen LogP contribution in [0, 0.1) is 0 Å². The number of carbonyl (C=O) groups is 1. The van der Waals surface area contributed by atoms with Crippen LogP contribution < -0.4 is 10.1 Å². The Labute approximate surface area is 170 Å². The van der Waals surface area contributed by atoms with Crippen molar-refractivity contribution >= 4 is 16.9 Å². The zero-order valence-corrected chi connectivity index (χ0v) is 16.5. The molecule has 1 atom stereocenters. The van der Waals surface area contributed by atoms with E-state index in [4.69, 9.17) is 9.15 Å². The van der Waals surface area contributed by atoms with E-state index in [1.807, 2.05) is 43.3 Å². The van der Waals surface area contributed by atoms with Gasteiger partial charge in [0.15, 0.2) is 0 Å². The molecule has 29 heavy (non-hydrogen) atoms. The van der Waals surface area contributed by atoms with Crippen molar-refractivity contribution in [1.82, 2.24) is 5.32 Å². The Morgan fingerprint density at radius 1 is 1.00 bits per heavy atom. The van der Waals surface area contributed by atoms with Crippen molar-refractivity contribution in [3.63, 3.8) is 0 Å². The Balaban J connectivity index is 1.42. The van der Waals surface area contributed by atoms with E-state index in [2.05, 4.69) is 41.7 Å². The normalized spacial score (nSPS) is 11.9. The van der Waals surface area contributed by atoms with Crippen LogP contribution in [0.1, 0.15) is 24.1 Å². The minimum absolute atomic E-state index is 0.0387. The summed E-state index contributed by atoms with van der Waals surface area (Å²) in [7, 11) is 1.62. The summed E-state index contributed by atoms with van der Waals surface area (Å²) in [4.78, 5) is 12.6. The Kier molecular flexibility index (Phi) is 5.34. The van der Waals surface area contributed by atoms with Crippen molar-refractivity contribution < 1.29 is 13.9 Å². The largest absolute Gasteiger partial charge is 0.497 e. The van der Waals surface area contributed by atoms with Gasteiger partial charge in [-0.15, -0.1) is 0 Å². The van der Waals surface area contributed by atoms with Crippen LogP contribution in [-0.2, 0) is 11.2 Å². The first kappa shape index (κ1) is 18.8. The molecule has 4 rings (SSSR count). The molecule has 0 spiro atoms. The van der Waals surface area contributed by atoms with Crippen LogP contribution in [0.25, 0.3) is 22.1 Å². The van der Waals surface area contributed by atoms with E-state index < -0.39 is 0 Å². The number of carbonyl (C=O) groups excluding carboxylic acids is 1. The maximum absolute atomic E-state index is 12.6. The van der Waals surface area contributed by atoms with Crippen LogP contribution in [0.5, 0.6) is 5.75 Å². The van der Waals surface area contributed by atoms with Gasteiger partial charge in [-0.2, -0.15) is 0 Å². The minimum atomic E-state index is -0.0782. The smallest absolute Gasteiger partial charge is 0.225 e. The number of hydrogen-bond donors (Lipinski definition) is 1. The number of methoxy groups -OCH3 is 1. The summed E-state index contributed by atoms with van der Waals surface area (Å²) in [5.74, 6) is 0.693. The monoisotopic (exact) mass is 385 g/mol. The summed E-state index contributed by atoms with van der Waals surface area (Å²) in [5, 5.41) is 4.01. The van der Waals surface area contributed by atoms with E-state index in [1.54, 1.807) is 13.4 Å². The summed E-state index contributed by atoms with van der Waals surface area (Å²) >= 11 is 0. The van der Waals surface area contributed by atoms with Gasteiger partial charge in [-0.3, -0.25) is 4.79 Å². The fourth-order valence-electron chi connectivity index (χ4n) is 3.47. The predicted octanol–water partition coefficient (Wildman–Crippen LogP) is 5.53. The lowest BCUT2D eigenvalue weighted by Gasteiger charge is -2.15. The van der Waals surface area contributed by atoms with Gasteiger partial charge in [0.05, 0.1) is 25.8 Å². The molecule has 3 aromatic carbocycles. The number of benzene rings is 3. The fraction of sp³-hybridized carbons (Fsp3) is 0.160. The molecular weight excluding hydrogens is 362 g/mol. The Morgan fingerprint density at radius 3 is 2.45 bits per heavy atom. The van der Waals surface area contributed by atoms with Crippen molar-refractivity contribution in [2.24, 2.45) is 0 Å². The summed E-state index contributed by atoms with van der Waals surface area (Å²) in [6, 6.07) is 24.1. The summed E-state index contributed by atoms with van der Waals surface area (Å²) < 4.78 is 10.8. The fourth-order valence-corrected chi connectivity index (χ4v) is 3.47. The second-order valence-electron chi connectivity index (χ2n) is 7.08. The number of fused-ring (bicyclic) bond motifs is 1. The second kappa shape index (κ2) is 8.23. The van der Waals surface area contributed by atoms with Gasteiger partial charge >= 0.3 is 0 Å². The van der Waals surface area contributed by atoms with E-state index in [0.717, 1.165) is 33.4 Å². The molecule has 1 amide bonds. The highest BCUT2D eigenvalue weighted by atomic mass is 16.5. The average Bonchev–Trinajstić information content (AvgIpc) is 3.16. The van der Waals surface area contributed by atoms with E-state index in [1.165, 1.54) is 5.56 Å². The summed E-state index contributed by atoms with van der Waals surface area (Å²) in [6.07, 6.45) is 1.91. The van der Waals surface area contributed by atoms with Crippen LogP contribution in [-0.4, -0.2) is 13.0 Å². The van der Waals surface area contributed by atoms with Gasteiger partial charge in [-0.25, -0.2) is 0 Å². The standard InChI is InChI=1S/C25H23NO3/c1-17(18-8-10-20(11-9-18)19-6-4-3-5-7-19)26-25(27)14-21-16-29-24-15-22(28-2)12-13-23(21)24/h3-13,15-17H,14H2,1-2H3,(H,26,27)/t17-/m0/s1. The van der Waals surface area contributed by atoms with Gasteiger partial charge in [-0.05, 0) is 35.7 Å². The molecule has 0 radical (unpaired) electrons. The predicted molar refractivity (Wildman–Crippen MR) is 115 cm³/mol. The maximum atomic E-state index is 12.6. The number of rotatable bonds is 6. The molecule has 0 aliphatic carbocycles. The average molecular weight is 385 g/mol. The molecule has 0 unspecified atom stereocenters. The van der Waals surface area contributed by atoms with Gasteiger partial charge < -0.3 is 14.5 Å². The maximum Gasteiger partial charge on any atom is 0.225 e. The first-order chi connectivity index (χ1) is 14.1. The summed E-state index contributed by atoms with van der Waals surface area (Å²) in [5.41, 5.74) is 5.00. The van der Waals surface area contributed by atoms with Crippen LogP contribution >= 0.6 is 0 Å². The van der Waals surface area contributed by atoms with Crippen molar-refractivity contribution in [2.45, 2.75) is 19.4 Å². The third kappa shape index (κ3) is 4.16. The molecule has 0 saturated heterocycles. The lowest BCUT2D eigenvalue weighted by molar-refractivity contribution is -0.121. The van der Waals surface area contributed by atoms with Gasteiger partial charge in [0.1, 0.15) is 11.3 Å². The highest BCUT2D eigenvalue weighted by Crippen LogP contribution is 2.26. The Bertz CT molecular complexity index is 1110. The zero-order chi connectivity index (χ0) is 20.2. The molecule has 0 aliphatic rings. The number of furan rings is 1. The molecule has 1 N–H and O–H groups in total. The number of nitrogens with one attached hydrogen (secondary N) is 1. The highest BCUT2D eigenvalue weighted by Gasteiger charge is 2.14. The van der Waals surface area contributed by atoms with Gasteiger partial charge in [0, 0.05) is 17.0 Å². The molecule has 146 valence electrons. The zero-order valence-electron chi connectivity index (χ0n) is 16.5. The van der Waals surface area contributed by atoms with E-state index >= 15 is 0 Å². The van der Waals surface area contributed by atoms with Crippen LogP contribution in [0.4, 0.5) is 0 Å². The van der Waals surface area contributed by atoms with Gasteiger partial charge in [-0.1, -0.05) is 54.6 Å². The third-order valence-corrected chi connectivity index (χ3v) is 5.11. The number of ether oxygens (including phenoxy) is 1. The Morgan fingerprint density at radius 2 is 1.72 bits per heavy atom. The molecule has 1 aromatic heterocycles. The molecule has 0 aliphatic heterocycles. The molecule has 4 aromatic rings. The van der Waals surface area contributed by atoms with Gasteiger partial charge in [0.25, 0.3) is 0 Å². The third-order valence-electron chi connectivity index (χ3n) is 5.11. The van der Waals surface area contributed by atoms with E-state index in [9.17, 15) is 4.79 Å². The minimum Gasteiger partial charge on any atom is -0.497 e.